The Morgan fingerprint density at radius 3 is 2.41 bits per heavy atom. The number of amidine groups is 1. The summed E-state index contributed by atoms with van der Waals surface area (Å²) in [5.41, 5.74) is 0.0414. The summed E-state index contributed by atoms with van der Waals surface area (Å²) < 4.78 is 5.85. The maximum absolute atomic E-state index is 13.0. The third kappa shape index (κ3) is 3.83. The van der Waals surface area contributed by atoms with Crippen LogP contribution in [0.15, 0.2) is 48.2 Å². The third-order valence-corrected chi connectivity index (χ3v) is 4.84. The van der Waals surface area contributed by atoms with Crippen LogP contribution in [-0.4, -0.2) is 34.0 Å². The molecule has 0 radical (unpaired) electrons. The number of carbonyl (C=O) groups is 1. The van der Waals surface area contributed by atoms with E-state index in [4.69, 9.17) is 45.2 Å². The molecule has 0 saturated carbocycles. The van der Waals surface area contributed by atoms with Gasteiger partial charge in [0.25, 0.3) is 5.91 Å². The summed E-state index contributed by atoms with van der Waals surface area (Å²) in [6.07, 6.45) is 5.28. The van der Waals surface area contributed by atoms with E-state index in [1.54, 1.807) is 0 Å². The lowest BCUT2D eigenvalue weighted by Gasteiger charge is -2.29. The minimum Gasteiger partial charge on any atom is -0.505 e. The molecule has 3 rings (SSSR count). The fourth-order valence-corrected chi connectivity index (χ4v) is 3.27. The number of nitrogens with one attached hydrogen (secondary N) is 2. The van der Waals surface area contributed by atoms with Crippen LogP contribution in [0, 0.1) is 23.2 Å². The van der Waals surface area contributed by atoms with E-state index in [-0.39, 0.29) is 40.1 Å². The first-order chi connectivity index (χ1) is 13.9. The van der Waals surface area contributed by atoms with Gasteiger partial charge in [0.15, 0.2) is 11.6 Å². The molecule has 1 heterocycles. The van der Waals surface area contributed by atoms with Crippen molar-refractivity contribution in [2.45, 2.75) is 6.61 Å². The van der Waals surface area contributed by atoms with E-state index in [0.717, 1.165) is 10.5 Å². The number of halogens is 2. The van der Waals surface area contributed by atoms with Gasteiger partial charge < -0.3 is 9.84 Å². The van der Waals surface area contributed by atoms with Crippen LogP contribution in [0.2, 0.25) is 10.0 Å². The SMILES string of the molecule is C#CCN1C(=N)C(=N)C(O)=C(c2c(Cl)ccc(Cl)c2OCc2ccccc2)C1=O. The minimum absolute atomic E-state index is 0.0388. The number of aliphatic hydroxyl groups is 1. The molecule has 8 heteroatoms. The fraction of sp³-hybridized carbons (Fsp3) is 0.0952. The van der Waals surface area contributed by atoms with Gasteiger partial charge in [0.05, 0.1) is 27.7 Å². The number of benzene rings is 2. The number of rotatable bonds is 5. The molecule has 29 heavy (non-hydrogen) atoms. The van der Waals surface area contributed by atoms with Crippen LogP contribution >= 0.6 is 23.2 Å². The number of hydrogen-bond acceptors (Lipinski definition) is 5. The van der Waals surface area contributed by atoms with Gasteiger partial charge in [-0.15, -0.1) is 6.42 Å². The number of aliphatic hydroxyl groups excluding tert-OH is 1. The predicted molar refractivity (Wildman–Crippen MR) is 113 cm³/mol. The fourth-order valence-electron chi connectivity index (χ4n) is 2.81. The number of hydrogen-bond donors (Lipinski definition) is 3. The lowest BCUT2D eigenvalue weighted by Crippen LogP contribution is -2.46. The Hall–Kier alpha value is -3.27. The Kier molecular flexibility index (Phi) is 5.92. The summed E-state index contributed by atoms with van der Waals surface area (Å²) in [5, 5.41) is 26.7. The first-order valence-corrected chi connectivity index (χ1v) is 9.14. The van der Waals surface area contributed by atoms with Crippen LogP contribution in [0.4, 0.5) is 0 Å². The molecule has 2 aromatic rings. The van der Waals surface area contributed by atoms with Crippen molar-refractivity contribution in [2.24, 2.45) is 0 Å². The Morgan fingerprint density at radius 2 is 1.76 bits per heavy atom. The highest BCUT2D eigenvalue weighted by atomic mass is 35.5. The van der Waals surface area contributed by atoms with Crippen molar-refractivity contribution < 1.29 is 14.6 Å². The quantitative estimate of drug-likeness (QED) is 0.619. The highest BCUT2D eigenvalue weighted by molar-refractivity contribution is 6.55. The third-order valence-electron chi connectivity index (χ3n) is 4.22. The van der Waals surface area contributed by atoms with Crippen LogP contribution in [0.3, 0.4) is 0 Å². The molecule has 0 spiro atoms. The molecule has 0 fully saturated rings. The van der Waals surface area contributed by atoms with Gasteiger partial charge in [-0.2, -0.15) is 0 Å². The molecule has 0 bridgehead atoms. The highest BCUT2D eigenvalue weighted by Crippen LogP contribution is 2.41. The molecular weight excluding hydrogens is 413 g/mol. The molecule has 1 aliphatic rings. The zero-order valence-electron chi connectivity index (χ0n) is 15.0. The largest absolute Gasteiger partial charge is 0.505 e. The molecule has 1 aliphatic heterocycles. The second kappa shape index (κ2) is 8.39. The van der Waals surface area contributed by atoms with Crippen molar-refractivity contribution in [3.05, 3.63) is 69.4 Å². The van der Waals surface area contributed by atoms with E-state index >= 15 is 0 Å². The topological polar surface area (TPSA) is 97.5 Å². The number of carbonyl (C=O) groups excluding carboxylic acids is 1. The first kappa shape index (κ1) is 20.5. The van der Waals surface area contributed by atoms with E-state index < -0.39 is 23.2 Å². The van der Waals surface area contributed by atoms with Crippen LogP contribution in [0.25, 0.3) is 5.57 Å². The van der Waals surface area contributed by atoms with Crippen molar-refractivity contribution in [3.63, 3.8) is 0 Å². The molecule has 146 valence electrons. The molecule has 0 atom stereocenters. The van der Waals surface area contributed by atoms with E-state index in [0.29, 0.717) is 0 Å². The van der Waals surface area contributed by atoms with Crippen molar-refractivity contribution in [3.8, 4) is 18.1 Å². The summed E-state index contributed by atoms with van der Waals surface area (Å²) in [6.45, 7) is -0.104. The molecule has 2 aromatic carbocycles. The van der Waals surface area contributed by atoms with Gasteiger partial charge in [0.1, 0.15) is 18.1 Å². The summed E-state index contributed by atoms with van der Waals surface area (Å²) >= 11 is 12.6. The molecule has 0 unspecified atom stereocenters. The van der Waals surface area contributed by atoms with Crippen molar-refractivity contribution in [2.75, 3.05) is 6.54 Å². The Labute approximate surface area is 177 Å². The van der Waals surface area contributed by atoms with Crippen LogP contribution < -0.4 is 4.74 Å². The van der Waals surface area contributed by atoms with E-state index in [2.05, 4.69) is 5.92 Å². The zero-order chi connectivity index (χ0) is 21.1. The molecule has 3 N–H and O–H groups in total. The van der Waals surface area contributed by atoms with Gasteiger partial charge in [-0.1, -0.05) is 59.5 Å². The number of amides is 1. The van der Waals surface area contributed by atoms with E-state index in [9.17, 15) is 9.90 Å². The molecule has 0 saturated heterocycles. The summed E-state index contributed by atoms with van der Waals surface area (Å²) in [4.78, 5) is 13.9. The molecule has 0 aromatic heterocycles. The lowest BCUT2D eigenvalue weighted by molar-refractivity contribution is -0.121. The monoisotopic (exact) mass is 427 g/mol. The Morgan fingerprint density at radius 1 is 1.10 bits per heavy atom. The summed E-state index contributed by atoms with van der Waals surface area (Å²) in [7, 11) is 0. The van der Waals surface area contributed by atoms with Crippen molar-refractivity contribution in [1.29, 1.82) is 10.8 Å². The Balaban J connectivity index is 2.13. The maximum atomic E-state index is 13.0. The van der Waals surface area contributed by atoms with Crippen molar-refractivity contribution in [1.82, 2.24) is 4.90 Å². The number of terminal acetylenes is 1. The Bertz CT molecular complexity index is 1090. The van der Waals surface area contributed by atoms with Gasteiger partial charge in [-0.05, 0) is 17.7 Å². The van der Waals surface area contributed by atoms with E-state index in [1.807, 2.05) is 30.3 Å². The minimum atomic E-state index is -0.768. The lowest BCUT2D eigenvalue weighted by atomic mass is 9.96. The smallest absolute Gasteiger partial charge is 0.264 e. The first-order valence-electron chi connectivity index (χ1n) is 8.38. The zero-order valence-corrected chi connectivity index (χ0v) is 16.5. The normalized spacial score (nSPS) is 14.2. The standard InChI is InChI=1S/C21H15Cl2N3O3/c1-2-10-26-20(25)17(24)18(27)16(21(26)28)15-13(22)8-9-14(23)19(15)29-11-12-6-4-3-5-7-12/h1,3-9,24-25,27H,10-11H2. The van der Waals surface area contributed by atoms with Crippen LogP contribution in [0.1, 0.15) is 11.1 Å². The summed E-state index contributed by atoms with van der Waals surface area (Å²) in [5.74, 6) is 0.387. The molecule has 6 nitrogen and oxygen atoms in total. The molecule has 0 aliphatic carbocycles. The van der Waals surface area contributed by atoms with Crippen LogP contribution in [0.5, 0.6) is 5.75 Å². The van der Waals surface area contributed by atoms with Gasteiger partial charge in [-0.3, -0.25) is 20.5 Å². The average molecular weight is 428 g/mol. The molecular formula is C21H15Cl2N3O3. The summed E-state index contributed by atoms with van der Waals surface area (Å²) in [6, 6.07) is 12.2. The highest BCUT2D eigenvalue weighted by Gasteiger charge is 2.38. The van der Waals surface area contributed by atoms with Crippen LogP contribution in [-0.2, 0) is 11.4 Å². The second-order valence-electron chi connectivity index (χ2n) is 6.05. The van der Waals surface area contributed by atoms with Gasteiger partial charge in [0.2, 0.25) is 0 Å². The second-order valence-corrected chi connectivity index (χ2v) is 6.86. The number of nitrogens with zero attached hydrogens (tertiary/aromatic N) is 1. The molecule has 1 amide bonds. The van der Waals surface area contributed by atoms with Gasteiger partial charge >= 0.3 is 0 Å². The average Bonchev–Trinajstić information content (AvgIpc) is 2.72. The van der Waals surface area contributed by atoms with Gasteiger partial charge in [0, 0.05) is 0 Å². The van der Waals surface area contributed by atoms with Crippen molar-refractivity contribution >= 4 is 46.2 Å². The van der Waals surface area contributed by atoms with Gasteiger partial charge in [-0.25, -0.2) is 0 Å². The van der Waals surface area contributed by atoms with E-state index in [1.165, 1.54) is 12.1 Å². The predicted octanol–water partition coefficient (Wildman–Crippen LogP) is 4.31. The number of ether oxygens (including phenoxy) is 1. The maximum Gasteiger partial charge on any atom is 0.264 e.